The maximum absolute atomic E-state index is 11.7. The molecule has 0 spiro atoms. The molecule has 0 atom stereocenters. The molecule has 0 saturated heterocycles. The zero-order valence-electron chi connectivity index (χ0n) is 12.2. The summed E-state index contributed by atoms with van der Waals surface area (Å²) in [6, 6.07) is 4.69. The summed E-state index contributed by atoms with van der Waals surface area (Å²) in [4.78, 5) is 0.161. The lowest BCUT2D eigenvalue weighted by Crippen LogP contribution is -2.24. The van der Waals surface area contributed by atoms with E-state index in [1.807, 2.05) is 0 Å². The van der Waals surface area contributed by atoms with Gasteiger partial charge in [-0.3, -0.25) is 0 Å². The van der Waals surface area contributed by atoms with Crippen molar-refractivity contribution in [2.45, 2.75) is 36.7 Å². The van der Waals surface area contributed by atoms with E-state index in [1.54, 1.807) is 6.07 Å². The Hall–Kier alpha value is -1.31. The van der Waals surface area contributed by atoms with E-state index in [-0.39, 0.29) is 11.0 Å². The molecule has 118 valence electrons. The smallest absolute Gasteiger partial charge is 0.240 e. The van der Waals surface area contributed by atoms with Gasteiger partial charge in [0.15, 0.2) is 0 Å². The molecule has 1 saturated carbocycles. The maximum atomic E-state index is 11.7. The van der Waals surface area contributed by atoms with Gasteiger partial charge in [-0.2, -0.15) is 0 Å². The molecule has 21 heavy (non-hydrogen) atoms. The van der Waals surface area contributed by atoms with Crippen LogP contribution in [0.3, 0.4) is 0 Å². The van der Waals surface area contributed by atoms with Crippen molar-refractivity contribution in [3.05, 3.63) is 18.2 Å². The van der Waals surface area contributed by atoms with Crippen LogP contribution in [0, 0.1) is 5.92 Å². The minimum atomic E-state index is -3.46. The fourth-order valence-corrected chi connectivity index (χ4v) is 3.36. The van der Waals surface area contributed by atoms with E-state index < -0.39 is 10.0 Å². The van der Waals surface area contributed by atoms with Crippen LogP contribution in [0.5, 0.6) is 0 Å². The molecule has 6 nitrogen and oxygen atoms in total. The second kappa shape index (κ2) is 6.64. The highest BCUT2D eigenvalue weighted by Crippen LogP contribution is 2.27. The zero-order valence-corrected chi connectivity index (χ0v) is 13.0. The molecule has 1 aliphatic rings. The number of benzene rings is 1. The second-order valence-corrected chi connectivity index (χ2v) is 7.40. The minimum absolute atomic E-state index is 0.155. The van der Waals surface area contributed by atoms with Crippen LogP contribution in [-0.4, -0.2) is 33.2 Å². The van der Waals surface area contributed by atoms with Gasteiger partial charge in [-0.25, -0.2) is 13.1 Å². The standard InChI is InChI=1S/C14H23N3O3S/c1-16-21(19,20)12-6-7-14(13(15)8-12)17-9-10-2-4-11(18)5-3-10/h6-8,10-11,16-18H,2-5,9,15H2,1H3. The monoisotopic (exact) mass is 313 g/mol. The van der Waals surface area contributed by atoms with Gasteiger partial charge >= 0.3 is 0 Å². The SMILES string of the molecule is CNS(=O)(=O)c1ccc(NCC2CCC(O)CC2)c(N)c1. The molecule has 0 bridgehead atoms. The number of aliphatic hydroxyl groups excluding tert-OH is 1. The van der Waals surface area contributed by atoms with Crippen molar-refractivity contribution in [1.29, 1.82) is 0 Å². The third kappa shape index (κ3) is 4.09. The third-order valence-electron chi connectivity index (χ3n) is 4.00. The summed E-state index contributed by atoms with van der Waals surface area (Å²) < 4.78 is 25.6. The molecular weight excluding hydrogens is 290 g/mol. The Morgan fingerprint density at radius 1 is 1.29 bits per heavy atom. The summed E-state index contributed by atoms with van der Waals surface area (Å²) in [5.74, 6) is 0.522. The Morgan fingerprint density at radius 2 is 1.95 bits per heavy atom. The van der Waals surface area contributed by atoms with Crippen LogP contribution in [0.25, 0.3) is 0 Å². The molecule has 0 unspecified atom stereocenters. The van der Waals surface area contributed by atoms with Crippen molar-refractivity contribution >= 4 is 21.4 Å². The maximum Gasteiger partial charge on any atom is 0.240 e. The highest BCUT2D eigenvalue weighted by Gasteiger charge is 2.19. The van der Waals surface area contributed by atoms with Gasteiger partial charge in [-0.15, -0.1) is 0 Å². The first-order valence-corrected chi connectivity index (χ1v) is 8.65. The highest BCUT2D eigenvalue weighted by molar-refractivity contribution is 7.89. The van der Waals surface area contributed by atoms with Gasteiger partial charge in [0.05, 0.1) is 22.4 Å². The molecule has 1 aliphatic carbocycles. The molecule has 0 aromatic heterocycles. The highest BCUT2D eigenvalue weighted by atomic mass is 32.2. The molecule has 2 rings (SSSR count). The number of nitrogen functional groups attached to an aromatic ring is 1. The van der Waals surface area contributed by atoms with Gasteiger partial charge < -0.3 is 16.2 Å². The van der Waals surface area contributed by atoms with Crippen molar-refractivity contribution in [1.82, 2.24) is 4.72 Å². The van der Waals surface area contributed by atoms with Crippen LogP contribution in [0.1, 0.15) is 25.7 Å². The summed E-state index contributed by atoms with van der Waals surface area (Å²) in [5, 5.41) is 12.8. The van der Waals surface area contributed by atoms with Crippen molar-refractivity contribution in [3.8, 4) is 0 Å². The molecule has 1 aromatic carbocycles. The molecule has 5 N–H and O–H groups in total. The van der Waals surface area contributed by atoms with Crippen molar-refractivity contribution in [3.63, 3.8) is 0 Å². The van der Waals surface area contributed by atoms with E-state index in [1.165, 1.54) is 19.2 Å². The number of rotatable bonds is 5. The van der Waals surface area contributed by atoms with E-state index in [9.17, 15) is 13.5 Å². The number of nitrogens with two attached hydrogens (primary N) is 1. The minimum Gasteiger partial charge on any atom is -0.397 e. The molecule has 0 heterocycles. The van der Waals surface area contributed by atoms with E-state index in [2.05, 4.69) is 10.0 Å². The number of nitrogens with one attached hydrogen (secondary N) is 2. The first-order chi connectivity index (χ1) is 9.92. The molecular formula is C14H23N3O3S. The lowest BCUT2D eigenvalue weighted by atomic mass is 9.87. The summed E-state index contributed by atoms with van der Waals surface area (Å²) in [6.07, 6.45) is 3.54. The third-order valence-corrected chi connectivity index (χ3v) is 5.41. The Morgan fingerprint density at radius 3 is 2.52 bits per heavy atom. The van der Waals surface area contributed by atoms with Gasteiger partial charge in [-0.1, -0.05) is 0 Å². The number of anilines is 2. The molecule has 1 aromatic rings. The fourth-order valence-electron chi connectivity index (χ4n) is 2.59. The normalized spacial score (nSPS) is 23.0. The van der Waals surface area contributed by atoms with Gasteiger partial charge in [0, 0.05) is 6.54 Å². The van der Waals surface area contributed by atoms with Crippen molar-refractivity contribution < 1.29 is 13.5 Å². The van der Waals surface area contributed by atoms with Crippen LogP contribution in [-0.2, 0) is 10.0 Å². The number of sulfonamides is 1. The van der Waals surface area contributed by atoms with Gasteiger partial charge in [0.2, 0.25) is 10.0 Å². The summed E-state index contributed by atoms with van der Waals surface area (Å²) >= 11 is 0. The van der Waals surface area contributed by atoms with Crippen LogP contribution in [0.2, 0.25) is 0 Å². The van der Waals surface area contributed by atoms with E-state index >= 15 is 0 Å². The fraction of sp³-hybridized carbons (Fsp3) is 0.571. The van der Waals surface area contributed by atoms with E-state index in [0.717, 1.165) is 37.9 Å². The largest absolute Gasteiger partial charge is 0.397 e. The second-order valence-electron chi connectivity index (χ2n) is 5.51. The van der Waals surface area contributed by atoms with E-state index in [0.29, 0.717) is 11.6 Å². The topological polar surface area (TPSA) is 104 Å². The zero-order chi connectivity index (χ0) is 15.5. The van der Waals surface area contributed by atoms with Gasteiger partial charge in [0.1, 0.15) is 0 Å². The summed E-state index contributed by atoms with van der Waals surface area (Å²) in [5.41, 5.74) is 7.08. The molecule has 1 fully saturated rings. The van der Waals surface area contributed by atoms with Gasteiger partial charge in [-0.05, 0) is 56.8 Å². The number of aliphatic hydroxyl groups is 1. The van der Waals surface area contributed by atoms with Crippen LogP contribution in [0.4, 0.5) is 11.4 Å². The van der Waals surface area contributed by atoms with Crippen molar-refractivity contribution in [2.75, 3.05) is 24.6 Å². The Labute approximate surface area is 125 Å². The first-order valence-electron chi connectivity index (χ1n) is 7.17. The average molecular weight is 313 g/mol. The van der Waals surface area contributed by atoms with E-state index in [4.69, 9.17) is 5.73 Å². The lowest BCUT2D eigenvalue weighted by molar-refractivity contribution is 0.111. The summed E-state index contributed by atoms with van der Waals surface area (Å²) in [6.45, 7) is 0.787. The Balaban J connectivity index is 1.98. The molecule has 0 amide bonds. The predicted molar refractivity (Wildman–Crippen MR) is 83.6 cm³/mol. The van der Waals surface area contributed by atoms with Crippen LogP contribution < -0.4 is 15.8 Å². The van der Waals surface area contributed by atoms with Gasteiger partial charge in [0.25, 0.3) is 0 Å². The molecule has 0 radical (unpaired) electrons. The quantitative estimate of drug-likeness (QED) is 0.610. The Kier molecular flexibility index (Phi) is 5.08. The predicted octanol–water partition coefficient (Wildman–Crippen LogP) is 1.14. The Bertz CT molecular complexity index is 581. The molecule has 0 aliphatic heterocycles. The van der Waals surface area contributed by atoms with Crippen molar-refractivity contribution in [2.24, 2.45) is 5.92 Å². The van der Waals surface area contributed by atoms with Crippen LogP contribution in [0.15, 0.2) is 23.1 Å². The average Bonchev–Trinajstić information content (AvgIpc) is 2.47. The first kappa shape index (κ1) is 16.1. The summed E-state index contributed by atoms with van der Waals surface area (Å²) in [7, 11) is -2.09. The van der Waals surface area contributed by atoms with Crippen LogP contribution >= 0.6 is 0 Å². The number of hydrogen-bond acceptors (Lipinski definition) is 5. The lowest BCUT2D eigenvalue weighted by Gasteiger charge is -2.26. The molecule has 7 heteroatoms. The number of hydrogen-bond donors (Lipinski definition) is 4.